The number of nitrogens with one attached hydrogen (secondary N) is 2. The van der Waals surface area contributed by atoms with Crippen molar-refractivity contribution < 1.29 is 19.5 Å². The molecule has 2 amide bonds. The average Bonchev–Trinajstić information content (AvgIpc) is 2.41. The molecule has 0 aliphatic heterocycles. The molecular weight excluding hydrogens is 272 g/mol. The molecule has 1 fully saturated rings. The molecule has 1 aliphatic carbocycles. The highest BCUT2D eigenvalue weighted by Crippen LogP contribution is 2.32. The van der Waals surface area contributed by atoms with Gasteiger partial charge < -0.3 is 15.7 Å². The quantitative estimate of drug-likeness (QED) is 0.662. The number of carboxylic acid groups (broad SMARTS) is 1. The molecule has 1 rings (SSSR count). The van der Waals surface area contributed by atoms with Crippen LogP contribution in [0.4, 0.5) is 0 Å². The van der Waals surface area contributed by atoms with Gasteiger partial charge in [-0.3, -0.25) is 9.59 Å². The third-order valence-corrected chi connectivity index (χ3v) is 4.10. The lowest BCUT2D eigenvalue weighted by Crippen LogP contribution is -2.56. The summed E-state index contributed by atoms with van der Waals surface area (Å²) in [6.45, 7) is 4.51. The van der Waals surface area contributed by atoms with Gasteiger partial charge in [-0.25, -0.2) is 4.79 Å². The van der Waals surface area contributed by atoms with Crippen LogP contribution in [0.3, 0.4) is 0 Å². The highest BCUT2D eigenvalue weighted by molar-refractivity contribution is 5.87. The van der Waals surface area contributed by atoms with Crippen LogP contribution in [-0.4, -0.2) is 35.0 Å². The first-order valence-electron chi connectivity index (χ1n) is 7.70. The van der Waals surface area contributed by atoms with Crippen molar-refractivity contribution in [3.8, 4) is 0 Å². The van der Waals surface area contributed by atoms with Gasteiger partial charge in [0.2, 0.25) is 11.8 Å². The molecule has 0 saturated heterocycles. The molecule has 0 aromatic rings. The van der Waals surface area contributed by atoms with Crippen LogP contribution >= 0.6 is 0 Å². The minimum absolute atomic E-state index is 0.0789. The Bertz CT molecular complexity index is 387. The Labute approximate surface area is 125 Å². The lowest BCUT2D eigenvalue weighted by molar-refractivity contribution is -0.149. The molecule has 120 valence electrons. The second-order valence-electron chi connectivity index (χ2n) is 5.93. The van der Waals surface area contributed by atoms with Crippen molar-refractivity contribution in [2.24, 2.45) is 5.92 Å². The molecule has 3 N–H and O–H groups in total. The van der Waals surface area contributed by atoms with E-state index in [0.29, 0.717) is 38.1 Å². The van der Waals surface area contributed by atoms with E-state index in [1.54, 1.807) is 0 Å². The van der Waals surface area contributed by atoms with Gasteiger partial charge in [0.25, 0.3) is 0 Å². The maximum atomic E-state index is 11.9. The van der Waals surface area contributed by atoms with E-state index in [1.807, 2.05) is 6.92 Å². The number of hydrogen-bond donors (Lipinski definition) is 3. The zero-order chi connectivity index (χ0) is 15.9. The average molecular weight is 298 g/mol. The van der Waals surface area contributed by atoms with Crippen molar-refractivity contribution >= 4 is 17.8 Å². The molecule has 1 saturated carbocycles. The van der Waals surface area contributed by atoms with Crippen molar-refractivity contribution in [3.05, 3.63) is 0 Å². The van der Waals surface area contributed by atoms with Gasteiger partial charge in [0.1, 0.15) is 5.54 Å². The maximum absolute atomic E-state index is 11.9. The van der Waals surface area contributed by atoms with Crippen molar-refractivity contribution in [1.29, 1.82) is 0 Å². The Kier molecular flexibility index (Phi) is 6.65. The SMILES string of the molecule is CCNC(=O)CCCC(=O)NC1(C(=O)O)CCC(C)CC1. The zero-order valence-corrected chi connectivity index (χ0v) is 12.9. The van der Waals surface area contributed by atoms with Gasteiger partial charge in [-0.2, -0.15) is 0 Å². The Morgan fingerprint density at radius 1 is 1.14 bits per heavy atom. The molecule has 0 aromatic carbocycles. The van der Waals surface area contributed by atoms with Crippen molar-refractivity contribution in [1.82, 2.24) is 10.6 Å². The van der Waals surface area contributed by atoms with E-state index in [-0.39, 0.29) is 18.2 Å². The molecule has 6 nitrogen and oxygen atoms in total. The van der Waals surface area contributed by atoms with Gasteiger partial charge in [-0.1, -0.05) is 6.92 Å². The summed E-state index contributed by atoms with van der Waals surface area (Å²) in [6, 6.07) is 0. The first kappa shape index (κ1) is 17.5. The van der Waals surface area contributed by atoms with Crippen LogP contribution in [0.25, 0.3) is 0 Å². The van der Waals surface area contributed by atoms with Gasteiger partial charge in [-0.15, -0.1) is 0 Å². The van der Waals surface area contributed by atoms with Gasteiger partial charge in [-0.05, 0) is 44.9 Å². The van der Waals surface area contributed by atoms with E-state index in [4.69, 9.17) is 0 Å². The predicted octanol–water partition coefficient (Wildman–Crippen LogP) is 1.44. The Morgan fingerprint density at radius 2 is 1.71 bits per heavy atom. The highest BCUT2D eigenvalue weighted by Gasteiger charge is 2.42. The lowest BCUT2D eigenvalue weighted by atomic mass is 9.77. The summed E-state index contributed by atoms with van der Waals surface area (Å²) in [4.78, 5) is 34.7. The van der Waals surface area contributed by atoms with Crippen LogP contribution in [-0.2, 0) is 14.4 Å². The number of carbonyl (C=O) groups is 3. The fraction of sp³-hybridized carbons (Fsp3) is 0.800. The molecule has 0 spiro atoms. The fourth-order valence-electron chi connectivity index (χ4n) is 2.67. The summed E-state index contributed by atoms with van der Waals surface area (Å²) in [5.41, 5.74) is -1.12. The molecule has 0 aromatic heterocycles. The number of carboxylic acids is 1. The van der Waals surface area contributed by atoms with Gasteiger partial charge in [0.15, 0.2) is 0 Å². The Hall–Kier alpha value is -1.59. The van der Waals surface area contributed by atoms with Crippen LogP contribution in [0.2, 0.25) is 0 Å². The Balaban J connectivity index is 2.43. The van der Waals surface area contributed by atoms with Gasteiger partial charge in [0.05, 0.1) is 0 Å². The second kappa shape index (κ2) is 8.00. The summed E-state index contributed by atoms with van der Waals surface area (Å²) in [5.74, 6) is -0.806. The van der Waals surface area contributed by atoms with Crippen LogP contribution < -0.4 is 10.6 Å². The summed E-state index contributed by atoms with van der Waals surface area (Å²) >= 11 is 0. The number of carbonyl (C=O) groups excluding carboxylic acids is 2. The summed E-state index contributed by atoms with van der Waals surface area (Å²) in [6.07, 6.45) is 3.48. The fourth-order valence-corrected chi connectivity index (χ4v) is 2.67. The summed E-state index contributed by atoms with van der Waals surface area (Å²) < 4.78 is 0. The number of rotatable bonds is 7. The molecule has 0 unspecified atom stereocenters. The minimum Gasteiger partial charge on any atom is -0.480 e. The maximum Gasteiger partial charge on any atom is 0.329 e. The van der Waals surface area contributed by atoms with E-state index in [0.717, 1.165) is 12.8 Å². The predicted molar refractivity (Wildman–Crippen MR) is 78.7 cm³/mol. The van der Waals surface area contributed by atoms with E-state index in [9.17, 15) is 19.5 Å². The molecule has 0 heterocycles. The number of amides is 2. The molecule has 1 aliphatic rings. The summed E-state index contributed by atoms with van der Waals surface area (Å²) in [7, 11) is 0. The van der Waals surface area contributed by atoms with E-state index < -0.39 is 11.5 Å². The summed E-state index contributed by atoms with van der Waals surface area (Å²) in [5, 5.41) is 14.8. The van der Waals surface area contributed by atoms with Crippen LogP contribution in [0, 0.1) is 5.92 Å². The van der Waals surface area contributed by atoms with Crippen molar-refractivity contribution in [3.63, 3.8) is 0 Å². The van der Waals surface area contributed by atoms with Crippen LogP contribution in [0.1, 0.15) is 58.8 Å². The van der Waals surface area contributed by atoms with E-state index in [2.05, 4.69) is 17.6 Å². The standard InChI is InChI=1S/C15H26N2O4/c1-3-16-12(18)5-4-6-13(19)17-15(14(20)21)9-7-11(2)8-10-15/h11H,3-10H2,1-2H3,(H,16,18)(H,17,19)(H,20,21). The largest absolute Gasteiger partial charge is 0.480 e. The number of hydrogen-bond acceptors (Lipinski definition) is 3. The second-order valence-corrected chi connectivity index (χ2v) is 5.93. The molecule has 0 bridgehead atoms. The van der Waals surface area contributed by atoms with Crippen LogP contribution in [0.5, 0.6) is 0 Å². The monoisotopic (exact) mass is 298 g/mol. The number of aliphatic carboxylic acids is 1. The van der Waals surface area contributed by atoms with Crippen LogP contribution in [0.15, 0.2) is 0 Å². The molecule has 0 atom stereocenters. The molecular formula is C15H26N2O4. The normalized spacial score (nSPS) is 25.1. The van der Waals surface area contributed by atoms with Crippen molar-refractivity contribution in [2.45, 2.75) is 64.3 Å². The van der Waals surface area contributed by atoms with E-state index >= 15 is 0 Å². The smallest absolute Gasteiger partial charge is 0.329 e. The third-order valence-electron chi connectivity index (χ3n) is 4.10. The van der Waals surface area contributed by atoms with Gasteiger partial charge in [0, 0.05) is 19.4 Å². The Morgan fingerprint density at radius 3 is 2.24 bits per heavy atom. The third kappa shape index (κ3) is 5.36. The molecule has 21 heavy (non-hydrogen) atoms. The first-order valence-corrected chi connectivity index (χ1v) is 7.70. The van der Waals surface area contributed by atoms with E-state index in [1.165, 1.54) is 0 Å². The topological polar surface area (TPSA) is 95.5 Å². The minimum atomic E-state index is -1.12. The van der Waals surface area contributed by atoms with Gasteiger partial charge >= 0.3 is 5.97 Å². The zero-order valence-electron chi connectivity index (χ0n) is 12.9. The first-order chi connectivity index (χ1) is 9.89. The highest BCUT2D eigenvalue weighted by atomic mass is 16.4. The van der Waals surface area contributed by atoms with Crippen molar-refractivity contribution in [2.75, 3.05) is 6.54 Å². The lowest BCUT2D eigenvalue weighted by Gasteiger charge is -2.36. The molecule has 0 radical (unpaired) electrons. The molecule has 6 heteroatoms.